The molecule has 1 saturated heterocycles. The fraction of sp³-hybridized carbons (Fsp3) is 0.333. The van der Waals surface area contributed by atoms with Crippen LogP contribution in [-0.2, 0) is 4.79 Å². The molecule has 2 rings (SSSR count). The number of halogens is 1. The number of hydrogen-bond acceptors (Lipinski definition) is 3. The van der Waals surface area contributed by atoms with Crippen molar-refractivity contribution < 1.29 is 14.0 Å². The summed E-state index contributed by atoms with van der Waals surface area (Å²) in [6.07, 6.45) is 1.73. The smallest absolute Gasteiger partial charge is 0.251 e. The van der Waals surface area contributed by atoms with Crippen molar-refractivity contribution in [1.82, 2.24) is 5.32 Å². The van der Waals surface area contributed by atoms with Gasteiger partial charge in [-0.25, -0.2) is 4.39 Å². The minimum atomic E-state index is -0.859. The molecule has 18 heavy (non-hydrogen) atoms. The van der Waals surface area contributed by atoms with Crippen LogP contribution < -0.4 is 16.4 Å². The Morgan fingerprint density at radius 1 is 1.44 bits per heavy atom. The molecule has 2 amide bonds. The van der Waals surface area contributed by atoms with Gasteiger partial charge in [0.1, 0.15) is 5.82 Å². The summed E-state index contributed by atoms with van der Waals surface area (Å²) in [6.45, 7) is 0.814. The second kappa shape index (κ2) is 5.14. The van der Waals surface area contributed by atoms with Crippen LogP contribution in [0, 0.1) is 5.82 Å². The van der Waals surface area contributed by atoms with Gasteiger partial charge in [-0.3, -0.25) is 9.59 Å². The molecule has 0 bridgehead atoms. The van der Waals surface area contributed by atoms with Crippen molar-refractivity contribution in [3.8, 4) is 0 Å². The Bertz CT molecular complexity index is 484. The van der Waals surface area contributed by atoms with Crippen LogP contribution in [0.5, 0.6) is 0 Å². The highest BCUT2D eigenvalue weighted by atomic mass is 19.1. The maximum Gasteiger partial charge on any atom is 0.251 e. The average molecular weight is 251 g/mol. The molecule has 96 valence electrons. The van der Waals surface area contributed by atoms with E-state index in [4.69, 9.17) is 5.73 Å². The summed E-state index contributed by atoms with van der Waals surface area (Å²) in [5.41, 5.74) is 5.17. The Labute approximate surface area is 104 Å². The molecule has 1 aliphatic rings. The molecule has 1 heterocycles. The molecule has 4 N–H and O–H groups in total. The predicted molar refractivity (Wildman–Crippen MR) is 64.6 cm³/mol. The number of nitrogens with two attached hydrogens (primary N) is 1. The van der Waals surface area contributed by atoms with Gasteiger partial charge >= 0.3 is 0 Å². The van der Waals surface area contributed by atoms with Crippen LogP contribution >= 0.6 is 0 Å². The molecule has 1 unspecified atom stereocenters. The zero-order valence-corrected chi connectivity index (χ0v) is 9.70. The van der Waals surface area contributed by atoms with Crippen LogP contribution in [0.25, 0.3) is 0 Å². The molecule has 1 aromatic rings. The summed E-state index contributed by atoms with van der Waals surface area (Å²) < 4.78 is 13.2. The fourth-order valence-electron chi connectivity index (χ4n) is 1.93. The summed E-state index contributed by atoms with van der Waals surface area (Å²) in [7, 11) is 0. The molecule has 0 saturated carbocycles. The van der Waals surface area contributed by atoms with Gasteiger partial charge in [0.2, 0.25) is 5.91 Å². The second-order valence-electron chi connectivity index (χ2n) is 4.20. The summed E-state index contributed by atoms with van der Waals surface area (Å²) in [4.78, 5) is 22.8. The lowest BCUT2D eigenvalue weighted by molar-refractivity contribution is -0.117. The SMILES string of the molecule is NC(=O)c1cc(NC(=O)C2CCCN2)ccc1F. The van der Waals surface area contributed by atoms with Crippen molar-refractivity contribution in [2.24, 2.45) is 5.73 Å². The Kier molecular flexibility index (Phi) is 3.57. The predicted octanol–water partition coefficient (Wildman–Crippen LogP) is 0.615. The Balaban J connectivity index is 2.11. The van der Waals surface area contributed by atoms with Crippen LogP contribution in [0.1, 0.15) is 23.2 Å². The molecule has 0 spiro atoms. The molecule has 6 heteroatoms. The summed E-state index contributed by atoms with van der Waals surface area (Å²) >= 11 is 0. The van der Waals surface area contributed by atoms with E-state index in [1.807, 2.05) is 0 Å². The Morgan fingerprint density at radius 2 is 2.22 bits per heavy atom. The molecule has 1 aliphatic heterocycles. The molecule has 0 aromatic heterocycles. The van der Waals surface area contributed by atoms with Crippen molar-refractivity contribution in [2.45, 2.75) is 18.9 Å². The van der Waals surface area contributed by atoms with Gasteiger partial charge in [0.05, 0.1) is 11.6 Å². The van der Waals surface area contributed by atoms with E-state index in [0.29, 0.717) is 5.69 Å². The third-order valence-electron chi connectivity index (χ3n) is 2.88. The van der Waals surface area contributed by atoms with E-state index in [2.05, 4.69) is 10.6 Å². The van der Waals surface area contributed by atoms with E-state index in [-0.39, 0.29) is 17.5 Å². The highest BCUT2D eigenvalue weighted by Crippen LogP contribution is 2.15. The van der Waals surface area contributed by atoms with Gasteiger partial charge in [-0.05, 0) is 37.6 Å². The Morgan fingerprint density at radius 3 is 2.83 bits per heavy atom. The van der Waals surface area contributed by atoms with E-state index in [0.717, 1.165) is 25.5 Å². The van der Waals surface area contributed by atoms with Crippen molar-refractivity contribution in [2.75, 3.05) is 11.9 Å². The average Bonchev–Trinajstić information content (AvgIpc) is 2.85. The molecular weight excluding hydrogens is 237 g/mol. The van der Waals surface area contributed by atoms with Gasteiger partial charge in [-0.2, -0.15) is 0 Å². The standard InChI is InChI=1S/C12H14FN3O2/c13-9-4-3-7(6-8(9)11(14)17)16-12(18)10-2-1-5-15-10/h3-4,6,10,15H,1-2,5H2,(H2,14,17)(H,16,18). The zero-order valence-electron chi connectivity index (χ0n) is 9.70. The minimum absolute atomic E-state index is 0.186. The number of amides is 2. The maximum absolute atomic E-state index is 13.2. The summed E-state index contributed by atoms with van der Waals surface area (Å²) in [6, 6.07) is 3.52. The van der Waals surface area contributed by atoms with Gasteiger partial charge in [-0.15, -0.1) is 0 Å². The minimum Gasteiger partial charge on any atom is -0.366 e. The monoisotopic (exact) mass is 251 g/mol. The van der Waals surface area contributed by atoms with Crippen LogP contribution in [-0.4, -0.2) is 24.4 Å². The molecule has 1 atom stereocenters. The van der Waals surface area contributed by atoms with E-state index in [1.54, 1.807) is 0 Å². The number of anilines is 1. The summed E-state index contributed by atoms with van der Waals surface area (Å²) in [5.74, 6) is -1.74. The second-order valence-corrected chi connectivity index (χ2v) is 4.20. The highest BCUT2D eigenvalue weighted by molar-refractivity contribution is 5.98. The van der Waals surface area contributed by atoms with Gasteiger partial charge in [-0.1, -0.05) is 0 Å². The van der Waals surface area contributed by atoms with Gasteiger partial charge < -0.3 is 16.4 Å². The maximum atomic E-state index is 13.2. The van der Waals surface area contributed by atoms with Crippen LogP contribution in [0.4, 0.5) is 10.1 Å². The van der Waals surface area contributed by atoms with Gasteiger partial charge in [0.15, 0.2) is 0 Å². The first-order valence-electron chi connectivity index (χ1n) is 5.71. The van der Waals surface area contributed by atoms with Crippen molar-refractivity contribution in [3.05, 3.63) is 29.6 Å². The largest absolute Gasteiger partial charge is 0.366 e. The molecule has 0 aliphatic carbocycles. The molecule has 1 fully saturated rings. The molecule has 1 aromatic carbocycles. The number of benzene rings is 1. The topological polar surface area (TPSA) is 84.2 Å². The van der Waals surface area contributed by atoms with E-state index >= 15 is 0 Å². The quantitative estimate of drug-likeness (QED) is 0.736. The van der Waals surface area contributed by atoms with Crippen molar-refractivity contribution >= 4 is 17.5 Å². The van der Waals surface area contributed by atoms with Gasteiger partial charge in [0, 0.05) is 5.69 Å². The fourth-order valence-corrected chi connectivity index (χ4v) is 1.93. The molecule has 5 nitrogen and oxygen atoms in total. The third-order valence-corrected chi connectivity index (χ3v) is 2.88. The lowest BCUT2D eigenvalue weighted by Crippen LogP contribution is -2.35. The highest BCUT2D eigenvalue weighted by Gasteiger charge is 2.22. The molecular formula is C12H14FN3O2. The van der Waals surface area contributed by atoms with Crippen molar-refractivity contribution in [3.63, 3.8) is 0 Å². The van der Waals surface area contributed by atoms with Crippen LogP contribution in [0.3, 0.4) is 0 Å². The number of rotatable bonds is 3. The normalized spacial score (nSPS) is 18.6. The van der Waals surface area contributed by atoms with Crippen LogP contribution in [0.15, 0.2) is 18.2 Å². The lowest BCUT2D eigenvalue weighted by atomic mass is 10.1. The number of carbonyl (C=O) groups excluding carboxylic acids is 2. The number of carbonyl (C=O) groups is 2. The van der Waals surface area contributed by atoms with E-state index in [9.17, 15) is 14.0 Å². The van der Waals surface area contributed by atoms with Crippen LogP contribution in [0.2, 0.25) is 0 Å². The Hall–Kier alpha value is -1.95. The number of nitrogens with one attached hydrogen (secondary N) is 2. The lowest BCUT2D eigenvalue weighted by Gasteiger charge is -2.11. The van der Waals surface area contributed by atoms with E-state index < -0.39 is 11.7 Å². The summed E-state index contributed by atoms with van der Waals surface area (Å²) in [5, 5.41) is 5.68. The van der Waals surface area contributed by atoms with Gasteiger partial charge in [0.25, 0.3) is 5.91 Å². The number of hydrogen-bond donors (Lipinski definition) is 3. The number of primary amides is 1. The zero-order chi connectivity index (χ0) is 13.1. The van der Waals surface area contributed by atoms with Crippen molar-refractivity contribution in [1.29, 1.82) is 0 Å². The first kappa shape index (κ1) is 12.5. The molecule has 0 radical (unpaired) electrons. The third kappa shape index (κ3) is 2.65. The van der Waals surface area contributed by atoms with E-state index in [1.165, 1.54) is 12.1 Å². The first-order chi connectivity index (χ1) is 8.58. The first-order valence-corrected chi connectivity index (χ1v) is 5.71.